The molecule has 0 saturated heterocycles. The molecular weight excluding hydrogens is 862 g/mol. The highest BCUT2D eigenvalue weighted by molar-refractivity contribution is 7.85. The number of aryl methyl sites for hydroxylation is 2. The molecule has 4 heterocycles. The molecule has 0 atom stereocenters. The third-order valence-corrected chi connectivity index (χ3v) is 11.7. The van der Waals surface area contributed by atoms with E-state index in [1.165, 1.54) is 0 Å². The molecule has 2 amide bonds. The first-order valence-electron chi connectivity index (χ1n) is 17.8. The lowest BCUT2D eigenvalue weighted by atomic mass is 9.93. The molecule has 0 unspecified atom stereocenters. The van der Waals surface area contributed by atoms with Crippen molar-refractivity contribution in [1.82, 2.24) is 9.97 Å². The third-order valence-electron chi connectivity index (χ3n) is 9.78. The van der Waals surface area contributed by atoms with Gasteiger partial charge in [-0.3, -0.25) is 23.7 Å². The maximum Gasteiger partial charge on any atom is 0.264 e. The molecule has 0 fully saturated rings. The second-order valence-electron chi connectivity index (χ2n) is 13.5. The van der Waals surface area contributed by atoms with E-state index in [0.29, 0.717) is 72.4 Å². The average Bonchev–Trinajstić information content (AvgIpc) is 3.69. The molecule has 0 saturated carbocycles. The van der Waals surface area contributed by atoms with Crippen molar-refractivity contribution in [1.29, 1.82) is 0 Å². The minimum atomic E-state index is -3.71. The Morgan fingerprint density at radius 2 is 1.03 bits per heavy atom. The molecule has 0 spiro atoms. The van der Waals surface area contributed by atoms with Crippen LogP contribution in [0, 0.1) is 13.8 Å². The fourth-order valence-corrected chi connectivity index (χ4v) is 8.79. The van der Waals surface area contributed by atoms with Gasteiger partial charge in [-0.25, -0.2) is 0 Å². The van der Waals surface area contributed by atoms with Gasteiger partial charge >= 0.3 is 0 Å². The first kappa shape index (κ1) is 41.6. The van der Waals surface area contributed by atoms with E-state index in [0.717, 1.165) is 45.7 Å². The van der Waals surface area contributed by atoms with Gasteiger partial charge in [0.25, 0.3) is 21.9 Å². The predicted octanol–water partition coefficient (Wildman–Crippen LogP) is 11.3. The molecule has 2 aliphatic rings. The van der Waals surface area contributed by atoms with E-state index in [4.69, 9.17) is 62.2 Å². The summed E-state index contributed by atoms with van der Waals surface area (Å²) in [5.41, 5.74) is 9.04. The lowest BCUT2D eigenvalue weighted by Crippen LogP contribution is -2.23. The van der Waals surface area contributed by atoms with E-state index in [1.54, 1.807) is 47.1 Å². The summed E-state index contributed by atoms with van der Waals surface area (Å²) in [5.74, 6) is -0.106. The number of aromatic nitrogens is 2. The lowest BCUT2D eigenvalue weighted by molar-refractivity contribution is 0.0989. The highest BCUT2D eigenvalue weighted by atomic mass is 35.5. The van der Waals surface area contributed by atoms with Gasteiger partial charge < -0.3 is 9.80 Å². The van der Waals surface area contributed by atoms with Crippen molar-refractivity contribution in [2.75, 3.05) is 16.1 Å². The van der Waals surface area contributed by atoms with Gasteiger partial charge in [-0.05, 0) is 67.9 Å². The number of para-hydroxylation sites is 2. The van der Waals surface area contributed by atoms with Crippen LogP contribution in [0.15, 0.2) is 97.1 Å². The fraction of sp³-hybridized carbons (Fsp3) is 0.163. The quantitative estimate of drug-likeness (QED) is 0.111. The number of benzene rings is 4. The Morgan fingerprint density at radius 3 is 1.43 bits per heavy atom. The Balaban J connectivity index is 0.000000178. The Hall–Kier alpha value is -4.52. The van der Waals surface area contributed by atoms with Crippen LogP contribution in [-0.4, -0.2) is 36.5 Å². The van der Waals surface area contributed by atoms with Crippen LogP contribution >= 0.6 is 58.0 Å². The summed E-state index contributed by atoms with van der Waals surface area (Å²) in [5, 5.41) is 1.80. The predicted molar refractivity (Wildman–Crippen MR) is 232 cm³/mol. The summed E-state index contributed by atoms with van der Waals surface area (Å²) in [6, 6.07) is 29.1. The molecule has 2 aliphatic heterocycles. The monoisotopic (exact) mass is 892 g/mol. The van der Waals surface area contributed by atoms with Crippen LogP contribution in [0.25, 0.3) is 22.3 Å². The zero-order valence-corrected chi connectivity index (χ0v) is 35.8. The maximum absolute atomic E-state index is 13.5. The van der Waals surface area contributed by atoms with Gasteiger partial charge in [-0.15, -0.1) is 11.6 Å². The zero-order valence-electron chi connectivity index (χ0n) is 31.2. The number of carbonyl (C=O) groups is 2. The van der Waals surface area contributed by atoms with Gasteiger partial charge in [0.15, 0.2) is 0 Å². The van der Waals surface area contributed by atoms with E-state index < -0.39 is 10.1 Å². The van der Waals surface area contributed by atoms with Gasteiger partial charge in [0.2, 0.25) is 0 Å². The van der Waals surface area contributed by atoms with E-state index >= 15 is 0 Å². The van der Waals surface area contributed by atoms with Crippen LogP contribution in [0.1, 0.15) is 54.6 Å². The molecule has 15 heteroatoms. The van der Waals surface area contributed by atoms with Gasteiger partial charge in [0.1, 0.15) is 0 Å². The number of carbonyl (C=O) groups excluding carboxylic acids is 2. The average molecular weight is 895 g/mol. The topological polar surface area (TPSA) is 110 Å². The molecule has 9 nitrogen and oxygen atoms in total. The molecule has 2 aromatic heterocycles. The number of fused-ring (bicyclic) bond motifs is 2. The number of alkyl halides is 1. The van der Waals surface area contributed by atoms with E-state index in [1.807, 2.05) is 73.7 Å². The highest BCUT2D eigenvalue weighted by Crippen LogP contribution is 2.43. The Bertz CT molecular complexity index is 2720. The zero-order chi connectivity index (χ0) is 41.5. The second kappa shape index (κ2) is 17.0. The second-order valence-corrected chi connectivity index (χ2v) is 17.1. The van der Waals surface area contributed by atoms with E-state index in [2.05, 4.69) is 9.97 Å². The normalized spacial score (nSPS) is 13.4. The van der Waals surface area contributed by atoms with E-state index in [9.17, 15) is 18.0 Å². The molecule has 0 radical (unpaired) electrons. The van der Waals surface area contributed by atoms with Crippen molar-refractivity contribution in [3.8, 4) is 22.3 Å². The SMILES string of the molecule is Cc1nc2c(c(-c3ccc(Cl)cc3Cl)c1CCl)C(=O)N(c1ccccc1)C2.Cc1nc2c(c(-c3ccc(Cl)cc3Cl)c1COS(C)(=O)=O)C(=O)N(c1ccccc1)C2. The minimum absolute atomic E-state index is 0.101. The largest absolute Gasteiger partial charge is 0.302 e. The summed E-state index contributed by atoms with van der Waals surface area (Å²) in [4.78, 5) is 39.4. The van der Waals surface area contributed by atoms with Crippen molar-refractivity contribution in [2.45, 2.75) is 39.4 Å². The van der Waals surface area contributed by atoms with Crippen LogP contribution in [-0.2, 0) is 39.9 Å². The Kier molecular flexibility index (Phi) is 12.2. The molecule has 296 valence electrons. The van der Waals surface area contributed by atoms with Crippen molar-refractivity contribution in [3.63, 3.8) is 0 Å². The fourth-order valence-electron chi connectivity index (χ4n) is 7.12. The molecule has 6 aromatic rings. The number of rotatable bonds is 8. The summed E-state index contributed by atoms with van der Waals surface area (Å²) < 4.78 is 28.4. The molecule has 0 aliphatic carbocycles. The van der Waals surface area contributed by atoms with Gasteiger partial charge in [0.05, 0.1) is 48.5 Å². The first-order chi connectivity index (χ1) is 27.7. The van der Waals surface area contributed by atoms with Crippen LogP contribution < -0.4 is 9.80 Å². The van der Waals surface area contributed by atoms with Crippen LogP contribution in [0.4, 0.5) is 11.4 Å². The van der Waals surface area contributed by atoms with E-state index in [-0.39, 0.29) is 24.3 Å². The molecule has 4 aromatic carbocycles. The minimum Gasteiger partial charge on any atom is -0.302 e. The maximum atomic E-state index is 13.5. The molecule has 58 heavy (non-hydrogen) atoms. The first-order valence-corrected chi connectivity index (χ1v) is 21.6. The molecular formula is C43H33Cl5N4O5S. The molecule has 0 bridgehead atoms. The number of nitrogens with zero attached hydrogens (tertiary/aromatic N) is 4. The highest BCUT2D eigenvalue weighted by Gasteiger charge is 2.37. The Labute approximate surface area is 361 Å². The smallest absolute Gasteiger partial charge is 0.264 e. The number of halogens is 5. The number of hydrogen-bond donors (Lipinski definition) is 0. The summed E-state index contributed by atoms with van der Waals surface area (Å²) >= 11 is 31.3. The van der Waals surface area contributed by atoms with Gasteiger partial charge in [-0.1, -0.05) is 94.9 Å². The van der Waals surface area contributed by atoms with Crippen LogP contribution in [0.3, 0.4) is 0 Å². The van der Waals surface area contributed by atoms with Crippen LogP contribution in [0.5, 0.6) is 0 Å². The summed E-state index contributed by atoms with van der Waals surface area (Å²) in [6.45, 7) is 4.10. The van der Waals surface area contributed by atoms with Crippen molar-refractivity contribution >= 4 is 91.3 Å². The number of anilines is 2. The van der Waals surface area contributed by atoms with Crippen molar-refractivity contribution in [2.24, 2.45) is 0 Å². The summed E-state index contributed by atoms with van der Waals surface area (Å²) in [7, 11) is -3.71. The standard InChI is InChI=1S/C22H18Cl2N2O4S.C21H15Cl3N2O/c1-13-17(12-30-31(2,28)29)20(16-9-8-14(23)10-18(16)24)21-19(25-13)11-26(22(21)27)15-6-4-3-5-7-15;1-12-16(10-22)19(15-8-7-13(23)9-17(15)24)20-18(25-12)11-26(21(20)27)14-5-3-2-4-6-14/h3-10H,11-12H2,1-2H3;2-9H,10-11H2,1H3. The van der Waals surface area contributed by atoms with Gasteiger partial charge in [0, 0.05) is 76.6 Å². The number of hydrogen-bond acceptors (Lipinski definition) is 7. The van der Waals surface area contributed by atoms with Gasteiger partial charge in [-0.2, -0.15) is 8.42 Å². The molecule has 0 N–H and O–H groups in total. The van der Waals surface area contributed by atoms with Crippen LogP contribution in [0.2, 0.25) is 20.1 Å². The van der Waals surface area contributed by atoms with Crippen molar-refractivity contribution in [3.05, 3.63) is 162 Å². The lowest BCUT2D eigenvalue weighted by Gasteiger charge is -2.18. The number of pyridine rings is 2. The Morgan fingerprint density at radius 1 is 0.621 bits per heavy atom. The van der Waals surface area contributed by atoms with Crippen molar-refractivity contribution < 1.29 is 22.2 Å². The third kappa shape index (κ3) is 8.33. The molecule has 8 rings (SSSR count). The number of amides is 2. The summed E-state index contributed by atoms with van der Waals surface area (Å²) in [6.07, 6.45) is 0.973.